The number of ether oxygens (including phenoxy) is 2. The van der Waals surface area contributed by atoms with Gasteiger partial charge in [0.1, 0.15) is 17.3 Å². The van der Waals surface area contributed by atoms with Gasteiger partial charge in [-0.3, -0.25) is 9.59 Å². The van der Waals surface area contributed by atoms with Crippen molar-refractivity contribution in [2.24, 2.45) is 0 Å². The Hall–Kier alpha value is -3.48. The van der Waals surface area contributed by atoms with Crippen molar-refractivity contribution in [1.29, 1.82) is 0 Å². The summed E-state index contributed by atoms with van der Waals surface area (Å²) >= 11 is 0. The van der Waals surface area contributed by atoms with Gasteiger partial charge in [0.15, 0.2) is 0 Å². The Kier molecular flexibility index (Phi) is 7.63. The molecule has 0 bridgehead atoms. The monoisotopic (exact) mass is 452 g/mol. The molecule has 176 valence electrons. The number of anilines is 1. The minimum Gasteiger partial charge on any atom is -0.507 e. The number of aliphatic hydroxyl groups is 1. The van der Waals surface area contributed by atoms with Crippen LogP contribution in [0.3, 0.4) is 0 Å². The summed E-state index contributed by atoms with van der Waals surface area (Å²) < 4.78 is 10.7. The van der Waals surface area contributed by atoms with E-state index in [1.54, 1.807) is 18.2 Å². The molecule has 1 fully saturated rings. The van der Waals surface area contributed by atoms with Crippen molar-refractivity contribution in [1.82, 2.24) is 4.90 Å². The van der Waals surface area contributed by atoms with Gasteiger partial charge in [-0.25, -0.2) is 0 Å². The molecule has 1 atom stereocenters. The first-order valence-corrected chi connectivity index (χ1v) is 11.3. The number of Topliss-reactive ketones (excluding diaryl/α,β-unsaturated/α-hetero) is 1. The van der Waals surface area contributed by atoms with E-state index < -0.39 is 17.7 Å². The third-order valence-electron chi connectivity index (χ3n) is 6.00. The first kappa shape index (κ1) is 24.2. The highest BCUT2D eigenvalue weighted by molar-refractivity contribution is 6.46. The molecule has 7 heteroatoms. The van der Waals surface area contributed by atoms with E-state index in [2.05, 4.69) is 18.7 Å². The normalized spacial score (nSPS) is 17.4. The van der Waals surface area contributed by atoms with E-state index in [0.717, 1.165) is 24.3 Å². The van der Waals surface area contributed by atoms with Crippen LogP contribution in [0.25, 0.3) is 5.76 Å². The molecule has 1 aliphatic rings. The molecule has 2 aromatic rings. The molecule has 3 rings (SSSR count). The van der Waals surface area contributed by atoms with Crippen LogP contribution in [0.4, 0.5) is 5.69 Å². The van der Waals surface area contributed by atoms with Gasteiger partial charge in [0.05, 0.1) is 31.4 Å². The quantitative estimate of drug-likeness (QED) is 0.346. The zero-order valence-corrected chi connectivity index (χ0v) is 19.9. The fraction of sp³-hybridized carbons (Fsp3) is 0.385. The van der Waals surface area contributed by atoms with Crippen LogP contribution in [0.15, 0.2) is 48.0 Å². The smallest absolute Gasteiger partial charge is 0.295 e. The van der Waals surface area contributed by atoms with Crippen LogP contribution < -0.4 is 14.4 Å². The highest BCUT2D eigenvalue weighted by Crippen LogP contribution is 2.42. The van der Waals surface area contributed by atoms with Crippen molar-refractivity contribution in [2.75, 3.05) is 38.8 Å². The zero-order valence-electron chi connectivity index (χ0n) is 19.9. The molecule has 2 aromatic carbocycles. The molecule has 7 nitrogen and oxygen atoms in total. The molecule has 1 N–H and O–H groups in total. The Balaban J connectivity index is 2.18. The van der Waals surface area contributed by atoms with Crippen LogP contribution in [0.1, 0.15) is 44.4 Å². The van der Waals surface area contributed by atoms with E-state index in [1.807, 2.05) is 31.2 Å². The maximum atomic E-state index is 13.1. The van der Waals surface area contributed by atoms with E-state index in [9.17, 15) is 14.7 Å². The molecule has 0 aromatic heterocycles. The largest absolute Gasteiger partial charge is 0.507 e. The predicted molar refractivity (Wildman–Crippen MR) is 129 cm³/mol. The molecular weight excluding hydrogens is 420 g/mol. The number of hydrogen-bond donors (Lipinski definition) is 1. The average molecular weight is 453 g/mol. The van der Waals surface area contributed by atoms with Crippen LogP contribution >= 0.6 is 0 Å². The molecule has 1 saturated heterocycles. The molecule has 33 heavy (non-hydrogen) atoms. The van der Waals surface area contributed by atoms with Crippen molar-refractivity contribution in [3.63, 3.8) is 0 Å². The van der Waals surface area contributed by atoms with Crippen LogP contribution in [0.2, 0.25) is 0 Å². The highest BCUT2D eigenvalue weighted by atomic mass is 16.5. The molecular formula is C26H32N2O5. The minimum absolute atomic E-state index is 0.0515. The molecule has 0 saturated carbocycles. The van der Waals surface area contributed by atoms with Crippen LogP contribution in [0, 0.1) is 0 Å². The van der Waals surface area contributed by atoms with Crippen LogP contribution in [-0.2, 0) is 9.59 Å². The van der Waals surface area contributed by atoms with Crippen molar-refractivity contribution in [2.45, 2.75) is 33.2 Å². The Morgan fingerprint density at radius 1 is 1.00 bits per heavy atom. The number of aliphatic hydroxyl groups excluding tert-OH is 1. The topological polar surface area (TPSA) is 79.3 Å². The lowest BCUT2D eigenvalue weighted by molar-refractivity contribution is -0.139. The second-order valence-corrected chi connectivity index (χ2v) is 7.82. The summed E-state index contributed by atoms with van der Waals surface area (Å²) in [7, 11) is 3.00. The number of hydrogen-bond acceptors (Lipinski definition) is 6. The van der Waals surface area contributed by atoms with Crippen LogP contribution in [-0.4, -0.2) is 55.6 Å². The minimum atomic E-state index is -0.705. The number of rotatable bonds is 9. The number of amides is 1. The summed E-state index contributed by atoms with van der Waals surface area (Å²) in [5.74, 6) is -0.715. The number of ketones is 1. The fourth-order valence-corrected chi connectivity index (χ4v) is 4.30. The summed E-state index contributed by atoms with van der Waals surface area (Å²) in [5.41, 5.74) is 2.18. The number of benzene rings is 2. The predicted octanol–water partition coefficient (Wildman–Crippen LogP) is 4.38. The highest BCUT2D eigenvalue weighted by Gasteiger charge is 2.46. The lowest BCUT2D eigenvalue weighted by Gasteiger charge is -2.26. The maximum Gasteiger partial charge on any atom is 0.295 e. The second kappa shape index (κ2) is 10.4. The van der Waals surface area contributed by atoms with Gasteiger partial charge < -0.3 is 24.4 Å². The third-order valence-corrected chi connectivity index (χ3v) is 6.00. The summed E-state index contributed by atoms with van der Waals surface area (Å²) in [6, 6.07) is 12.1. The van der Waals surface area contributed by atoms with E-state index >= 15 is 0 Å². The summed E-state index contributed by atoms with van der Waals surface area (Å²) in [6.45, 7) is 8.29. The number of likely N-dealkylation sites (tertiary alicyclic amines) is 1. The van der Waals surface area contributed by atoms with Gasteiger partial charge in [0.25, 0.3) is 11.7 Å². The Labute approximate surface area is 195 Å². The Morgan fingerprint density at radius 2 is 1.67 bits per heavy atom. The molecule has 1 amide bonds. The van der Waals surface area contributed by atoms with E-state index in [-0.39, 0.29) is 11.3 Å². The Morgan fingerprint density at radius 3 is 2.21 bits per heavy atom. The van der Waals surface area contributed by atoms with Gasteiger partial charge in [0.2, 0.25) is 0 Å². The Bertz CT molecular complexity index is 1040. The van der Waals surface area contributed by atoms with Gasteiger partial charge in [0, 0.05) is 25.3 Å². The van der Waals surface area contributed by atoms with Crippen molar-refractivity contribution in [3.8, 4) is 11.5 Å². The molecule has 0 aliphatic carbocycles. The first-order valence-electron chi connectivity index (χ1n) is 11.3. The van der Waals surface area contributed by atoms with Crippen molar-refractivity contribution < 1.29 is 24.2 Å². The van der Waals surface area contributed by atoms with Gasteiger partial charge in [-0.2, -0.15) is 0 Å². The van der Waals surface area contributed by atoms with Gasteiger partial charge in [-0.15, -0.1) is 0 Å². The van der Waals surface area contributed by atoms with Gasteiger partial charge in [-0.1, -0.05) is 19.1 Å². The summed E-state index contributed by atoms with van der Waals surface area (Å²) in [5, 5.41) is 11.3. The van der Waals surface area contributed by atoms with E-state index in [1.165, 1.54) is 19.1 Å². The van der Waals surface area contributed by atoms with Crippen LogP contribution in [0.5, 0.6) is 11.5 Å². The lowest BCUT2D eigenvalue weighted by atomic mass is 9.94. The maximum absolute atomic E-state index is 13.1. The number of methoxy groups -OCH3 is 2. The standard InChI is InChI=1S/C26H32N2O5/c1-6-15-28-23(17-9-11-18(12-10-17)27(7-2)8-3)22(25(30)26(28)31)24(29)20-16-19(32-4)13-14-21(20)33-5/h9-14,16,23,29H,6-8,15H2,1-5H3/b24-22+. The van der Waals surface area contributed by atoms with E-state index in [0.29, 0.717) is 30.0 Å². The second-order valence-electron chi connectivity index (χ2n) is 7.82. The van der Waals surface area contributed by atoms with Gasteiger partial charge in [-0.05, 0) is 56.2 Å². The van der Waals surface area contributed by atoms with Gasteiger partial charge >= 0.3 is 0 Å². The summed E-state index contributed by atoms with van der Waals surface area (Å²) in [4.78, 5) is 29.8. The zero-order chi connectivity index (χ0) is 24.1. The fourth-order valence-electron chi connectivity index (χ4n) is 4.30. The molecule has 0 radical (unpaired) electrons. The third kappa shape index (κ3) is 4.53. The first-order chi connectivity index (χ1) is 15.9. The molecule has 0 spiro atoms. The van der Waals surface area contributed by atoms with E-state index in [4.69, 9.17) is 9.47 Å². The molecule has 1 unspecified atom stereocenters. The molecule has 1 heterocycles. The lowest BCUT2D eigenvalue weighted by Crippen LogP contribution is -2.30. The van der Waals surface area contributed by atoms with Crippen molar-refractivity contribution in [3.05, 3.63) is 59.2 Å². The van der Waals surface area contributed by atoms with Crippen molar-refractivity contribution >= 4 is 23.1 Å². The number of nitrogens with zero attached hydrogens (tertiary/aromatic N) is 2. The SMILES string of the molecule is CCCN1C(=O)C(=O)/C(=C(/O)c2cc(OC)ccc2OC)C1c1ccc(N(CC)CC)cc1. The summed E-state index contributed by atoms with van der Waals surface area (Å²) in [6.07, 6.45) is 0.684. The number of carbonyl (C=O) groups excluding carboxylic acids is 2. The molecule has 1 aliphatic heterocycles. The number of carbonyl (C=O) groups is 2. The average Bonchev–Trinajstić information content (AvgIpc) is 3.09.